The number of hydrogen-bond donors (Lipinski definition) is 2. The Hall–Kier alpha value is -4.96. The summed E-state index contributed by atoms with van der Waals surface area (Å²) in [6.07, 6.45) is 1.43. The van der Waals surface area contributed by atoms with E-state index in [1.54, 1.807) is 98.1 Å². The number of anilines is 1. The predicted octanol–water partition coefficient (Wildman–Crippen LogP) is 5.70. The first-order valence-electron chi connectivity index (χ1n) is 11.9. The van der Waals surface area contributed by atoms with Gasteiger partial charge in [0.2, 0.25) is 0 Å². The second-order valence-electron chi connectivity index (χ2n) is 8.27. The highest BCUT2D eigenvalue weighted by Gasteiger charge is 2.13. The van der Waals surface area contributed by atoms with Crippen LogP contribution in [0, 0.1) is 0 Å². The standard InChI is InChI=1S/C30H24BrN3O6/c1-38-25-13-9-21(10-14-25)30(37)40-26-15-6-19(16-27(26)39-2)18-32-34-29(36)22-4-3-5-24(17-22)33-28(35)20-7-11-23(31)12-8-20/h3-18H,1-2H3,(H,33,35)(H,34,36). The Bertz CT molecular complexity index is 1550. The highest BCUT2D eigenvalue weighted by Crippen LogP contribution is 2.28. The van der Waals surface area contributed by atoms with Crippen molar-refractivity contribution in [1.29, 1.82) is 0 Å². The average Bonchev–Trinajstić information content (AvgIpc) is 2.98. The number of halogens is 1. The highest BCUT2D eigenvalue weighted by molar-refractivity contribution is 9.10. The monoisotopic (exact) mass is 601 g/mol. The van der Waals surface area contributed by atoms with Gasteiger partial charge in [0, 0.05) is 21.3 Å². The lowest BCUT2D eigenvalue weighted by molar-refractivity contribution is 0.0729. The molecule has 4 aromatic carbocycles. The van der Waals surface area contributed by atoms with Crippen molar-refractivity contribution in [1.82, 2.24) is 5.43 Å². The Morgan fingerprint density at radius 1 is 0.750 bits per heavy atom. The lowest BCUT2D eigenvalue weighted by atomic mass is 10.1. The fourth-order valence-electron chi connectivity index (χ4n) is 3.51. The molecule has 0 unspecified atom stereocenters. The van der Waals surface area contributed by atoms with Crippen LogP contribution in [0.1, 0.15) is 36.6 Å². The van der Waals surface area contributed by atoms with Gasteiger partial charge in [-0.3, -0.25) is 9.59 Å². The minimum atomic E-state index is -0.551. The van der Waals surface area contributed by atoms with Crippen molar-refractivity contribution in [3.8, 4) is 17.2 Å². The van der Waals surface area contributed by atoms with Gasteiger partial charge in [-0.05, 0) is 90.5 Å². The second-order valence-corrected chi connectivity index (χ2v) is 9.18. The molecule has 0 aliphatic rings. The molecule has 0 aromatic heterocycles. The number of rotatable bonds is 9. The number of ether oxygens (including phenoxy) is 3. The number of hydrazone groups is 1. The molecule has 9 nitrogen and oxygen atoms in total. The summed E-state index contributed by atoms with van der Waals surface area (Å²) in [7, 11) is 2.99. The Morgan fingerprint density at radius 3 is 2.17 bits per heavy atom. The zero-order chi connectivity index (χ0) is 28.5. The highest BCUT2D eigenvalue weighted by atomic mass is 79.9. The molecule has 2 N–H and O–H groups in total. The Morgan fingerprint density at radius 2 is 1.48 bits per heavy atom. The third kappa shape index (κ3) is 7.33. The summed E-state index contributed by atoms with van der Waals surface area (Å²) < 4.78 is 16.8. The lowest BCUT2D eigenvalue weighted by Gasteiger charge is -2.10. The van der Waals surface area contributed by atoms with Gasteiger partial charge in [0.15, 0.2) is 11.5 Å². The van der Waals surface area contributed by atoms with Crippen LogP contribution in [0.15, 0.2) is 101 Å². The van der Waals surface area contributed by atoms with Crippen molar-refractivity contribution in [2.75, 3.05) is 19.5 Å². The first-order chi connectivity index (χ1) is 19.4. The molecular formula is C30H24BrN3O6. The van der Waals surface area contributed by atoms with Crippen LogP contribution < -0.4 is 25.0 Å². The van der Waals surface area contributed by atoms with E-state index in [9.17, 15) is 14.4 Å². The number of esters is 1. The van der Waals surface area contributed by atoms with Gasteiger partial charge in [0.25, 0.3) is 11.8 Å². The first-order valence-corrected chi connectivity index (χ1v) is 12.7. The number of nitrogens with zero attached hydrogens (tertiary/aromatic N) is 1. The van der Waals surface area contributed by atoms with Gasteiger partial charge in [-0.1, -0.05) is 22.0 Å². The normalized spacial score (nSPS) is 10.6. The van der Waals surface area contributed by atoms with E-state index in [0.717, 1.165) is 4.47 Å². The molecule has 0 saturated carbocycles. The van der Waals surface area contributed by atoms with Crippen LogP contribution in [-0.4, -0.2) is 38.2 Å². The quantitative estimate of drug-likeness (QED) is 0.110. The molecule has 0 heterocycles. The van der Waals surface area contributed by atoms with Crippen molar-refractivity contribution in [2.45, 2.75) is 0 Å². The Labute approximate surface area is 238 Å². The molecule has 4 rings (SSSR count). The van der Waals surface area contributed by atoms with Crippen molar-refractivity contribution < 1.29 is 28.6 Å². The summed E-state index contributed by atoms with van der Waals surface area (Å²) in [5.41, 5.74) is 4.67. The van der Waals surface area contributed by atoms with E-state index in [-0.39, 0.29) is 11.7 Å². The van der Waals surface area contributed by atoms with Gasteiger partial charge in [-0.15, -0.1) is 0 Å². The molecule has 0 spiro atoms. The van der Waals surface area contributed by atoms with Gasteiger partial charge in [0.1, 0.15) is 5.75 Å². The van der Waals surface area contributed by atoms with Crippen LogP contribution in [0.3, 0.4) is 0 Å². The SMILES string of the molecule is COc1ccc(C(=O)Oc2ccc(C=NNC(=O)c3cccc(NC(=O)c4ccc(Br)cc4)c3)cc2OC)cc1. The molecule has 0 bridgehead atoms. The number of methoxy groups -OCH3 is 2. The predicted molar refractivity (Wildman–Crippen MR) is 155 cm³/mol. The molecule has 10 heteroatoms. The van der Waals surface area contributed by atoms with Gasteiger partial charge < -0.3 is 19.5 Å². The topological polar surface area (TPSA) is 115 Å². The molecule has 40 heavy (non-hydrogen) atoms. The van der Waals surface area contributed by atoms with Gasteiger partial charge in [-0.2, -0.15) is 5.10 Å². The summed E-state index contributed by atoms with van der Waals surface area (Å²) in [5.74, 6) is -0.146. The van der Waals surface area contributed by atoms with Crippen molar-refractivity contribution >= 4 is 45.6 Å². The maximum atomic E-state index is 12.6. The summed E-state index contributed by atoms with van der Waals surface area (Å²) >= 11 is 3.34. The lowest BCUT2D eigenvalue weighted by Crippen LogP contribution is -2.18. The van der Waals surface area contributed by atoms with Crippen LogP contribution in [0.25, 0.3) is 0 Å². The number of hydrogen-bond acceptors (Lipinski definition) is 7. The zero-order valence-electron chi connectivity index (χ0n) is 21.5. The number of carbonyl (C=O) groups excluding carboxylic acids is 3. The molecule has 0 aliphatic carbocycles. The average molecular weight is 602 g/mol. The fraction of sp³-hybridized carbons (Fsp3) is 0.0667. The fourth-order valence-corrected chi connectivity index (χ4v) is 3.77. The smallest absolute Gasteiger partial charge is 0.343 e. The van der Waals surface area contributed by atoms with E-state index < -0.39 is 11.9 Å². The zero-order valence-corrected chi connectivity index (χ0v) is 23.1. The minimum Gasteiger partial charge on any atom is -0.497 e. The second kappa shape index (κ2) is 13.2. The summed E-state index contributed by atoms with van der Waals surface area (Å²) in [4.78, 5) is 37.6. The molecule has 0 aliphatic heterocycles. The van der Waals surface area contributed by atoms with Crippen LogP contribution in [0.2, 0.25) is 0 Å². The Balaban J connectivity index is 1.37. The Kier molecular flexibility index (Phi) is 9.27. The third-order valence-electron chi connectivity index (χ3n) is 5.58. The van der Waals surface area contributed by atoms with Crippen LogP contribution in [0.4, 0.5) is 5.69 Å². The summed E-state index contributed by atoms with van der Waals surface area (Å²) in [5, 5.41) is 6.78. The maximum absolute atomic E-state index is 12.6. The number of carbonyl (C=O) groups is 3. The van der Waals surface area contributed by atoms with Crippen LogP contribution in [-0.2, 0) is 0 Å². The number of benzene rings is 4. The van der Waals surface area contributed by atoms with E-state index in [1.165, 1.54) is 13.3 Å². The van der Waals surface area contributed by atoms with E-state index in [4.69, 9.17) is 14.2 Å². The van der Waals surface area contributed by atoms with Crippen LogP contribution >= 0.6 is 15.9 Å². The largest absolute Gasteiger partial charge is 0.497 e. The van der Waals surface area contributed by atoms with Crippen molar-refractivity contribution in [3.63, 3.8) is 0 Å². The molecule has 0 saturated heterocycles. The molecule has 0 atom stereocenters. The maximum Gasteiger partial charge on any atom is 0.343 e. The minimum absolute atomic E-state index is 0.228. The summed E-state index contributed by atoms with van der Waals surface area (Å²) in [6.45, 7) is 0. The molecule has 0 radical (unpaired) electrons. The molecular weight excluding hydrogens is 578 g/mol. The van der Waals surface area contributed by atoms with E-state index in [1.807, 2.05) is 0 Å². The molecule has 0 fully saturated rings. The summed E-state index contributed by atoms with van der Waals surface area (Å²) in [6, 6.07) is 24.8. The van der Waals surface area contributed by atoms with Gasteiger partial charge in [0.05, 0.1) is 26.0 Å². The van der Waals surface area contributed by atoms with E-state index in [0.29, 0.717) is 39.4 Å². The van der Waals surface area contributed by atoms with Crippen LogP contribution in [0.5, 0.6) is 17.2 Å². The van der Waals surface area contributed by atoms with E-state index in [2.05, 4.69) is 31.8 Å². The molecule has 202 valence electrons. The first kappa shape index (κ1) is 28.1. The van der Waals surface area contributed by atoms with Gasteiger partial charge in [-0.25, -0.2) is 10.2 Å². The van der Waals surface area contributed by atoms with Gasteiger partial charge >= 0.3 is 5.97 Å². The number of amides is 2. The van der Waals surface area contributed by atoms with Crippen molar-refractivity contribution in [3.05, 3.63) is 118 Å². The number of nitrogens with one attached hydrogen (secondary N) is 2. The molecule has 4 aromatic rings. The third-order valence-corrected chi connectivity index (χ3v) is 6.11. The van der Waals surface area contributed by atoms with Crippen molar-refractivity contribution in [2.24, 2.45) is 5.10 Å². The molecule has 2 amide bonds. The van der Waals surface area contributed by atoms with E-state index >= 15 is 0 Å².